The highest BCUT2D eigenvalue weighted by atomic mass is 14.8. The molecule has 0 heterocycles. The molecule has 0 aromatic heterocycles. The summed E-state index contributed by atoms with van der Waals surface area (Å²) in [5.74, 6) is -1.71. The Morgan fingerprint density at radius 1 is 0.679 bits per heavy atom. The molecule has 16 heteroatoms. The summed E-state index contributed by atoms with van der Waals surface area (Å²) in [6, 6.07) is 0. The van der Waals surface area contributed by atoms with Gasteiger partial charge in [-0.3, -0.25) is 0 Å². The molecule has 0 aliphatic heterocycles. The fraction of sp³-hybridized carbons (Fsp3) is 1.00. The predicted octanol–water partition coefficient (Wildman–Crippen LogP) is -3.10. The fourth-order valence-corrected chi connectivity index (χ4v) is 5.29. The van der Waals surface area contributed by atoms with Gasteiger partial charge in [0.15, 0.2) is 0 Å². The van der Waals surface area contributed by atoms with Crippen molar-refractivity contribution in [3.63, 3.8) is 0 Å². The van der Waals surface area contributed by atoms with Gasteiger partial charge in [0.2, 0.25) is 0 Å². The molecule has 0 saturated heterocycles. The van der Waals surface area contributed by atoms with Crippen LogP contribution < -0.4 is 0 Å². The van der Waals surface area contributed by atoms with Crippen LogP contribution in [0.4, 0.5) is 0 Å². The minimum atomic E-state index is -2.51. The van der Waals surface area contributed by atoms with Gasteiger partial charge in [-0.15, -0.1) is 26.3 Å². The molecule has 0 aromatic carbocycles. The normalized spacial score (nSPS) is 33.6. The van der Waals surface area contributed by atoms with Gasteiger partial charge in [0.05, 0.1) is 126 Å². The first-order chi connectivity index (χ1) is 11.8. The number of hydrogen-bond donors (Lipinski definition) is 0. The second-order valence-electron chi connectivity index (χ2n) is 8.96. The lowest BCUT2D eigenvalue weighted by Gasteiger charge is -2.72. The fourth-order valence-electron chi connectivity index (χ4n) is 5.29. The molecular formula is C12H8B16. The second-order valence-corrected chi connectivity index (χ2v) is 8.96. The van der Waals surface area contributed by atoms with Crippen LogP contribution in [0.5, 0.6) is 0 Å². The van der Waals surface area contributed by atoms with E-state index in [-0.39, 0.29) is 0 Å². The molecule has 1 rings (SSSR count). The zero-order valence-electron chi connectivity index (χ0n) is 16.4. The van der Waals surface area contributed by atoms with Gasteiger partial charge < -0.3 is 0 Å². The molecule has 3 atom stereocenters. The number of hydrogen-bond acceptors (Lipinski definition) is 0. The monoisotopic (exact) mass is 328 g/mol. The van der Waals surface area contributed by atoms with Gasteiger partial charge in [-0.25, -0.2) is 0 Å². The third-order valence-corrected chi connectivity index (χ3v) is 6.37. The zero-order chi connectivity index (χ0) is 23.2. The first kappa shape index (κ1) is 27.1. The summed E-state index contributed by atoms with van der Waals surface area (Å²) in [7, 11) is 99.3. The van der Waals surface area contributed by atoms with Crippen LogP contribution in [0, 0.1) is 11.3 Å². The average molecular weight is 325 g/mol. The summed E-state index contributed by atoms with van der Waals surface area (Å²) < 4.78 is 0. The highest BCUT2D eigenvalue weighted by Crippen LogP contribution is 2.94. The summed E-state index contributed by atoms with van der Waals surface area (Å²) in [5.41, 5.74) is -4.11. The first-order valence-electron chi connectivity index (χ1n) is 8.36. The van der Waals surface area contributed by atoms with Crippen molar-refractivity contribution in [3.05, 3.63) is 0 Å². The van der Waals surface area contributed by atoms with Crippen molar-refractivity contribution in [2.45, 2.75) is 56.1 Å². The molecule has 1 aliphatic carbocycles. The lowest BCUT2D eigenvalue weighted by Crippen LogP contribution is -2.62. The van der Waals surface area contributed by atoms with Gasteiger partial charge in [0.1, 0.15) is 0 Å². The SMILES string of the molecule is [B]C([B])C1([B])C([B])([B])C([B])(C([B])(C)C)C(C([B])([B])[B])C1(C([B])([B])[B])C([B])([B])[B]. The molecule has 3 unspecified atom stereocenters. The lowest BCUT2D eigenvalue weighted by atomic mass is 9.08. The third kappa shape index (κ3) is 2.93. The van der Waals surface area contributed by atoms with Crippen LogP contribution in [-0.2, 0) is 0 Å². The molecule has 1 fully saturated rings. The largest absolute Gasteiger partial charge is 0.127 e. The minimum Gasteiger partial charge on any atom is -0.127 e. The molecule has 0 amide bonds. The topological polar surface area (TPSA) is 0 Å². The Kier molecular flexibility index (Phi) is 6.54. The van der Waals surface area contributed by atoms with E-state index in [0.717, 1.165) is 0 Å². The average Bonchev–Trinajstić information content (AvgIpc) is 2.50. The lowest BCUT2D eigenvalue weighted by molar-refractivity contribution is 0.127. The predicted molar refractivity (Wildman–Crippen MR) is 132 cm³/mol. The second kappa shape index (κ2) is 6.77. The van der Waals surface area contributed by atoms with Crippen LogP contribution in [0.2, 0.25) is 42.2 Å². The maximum atomic E-state index is 6.69. The van der Waals surface area contributed by atoms with E-state index in [1.165, 1.54) is 13.8 Å². The Morgan fingerprint density at radius 3 is 1.18 bits per heavy atom. The molecule has 28 heavy (non-hydrogen) atoms. The maximum Gasteiger partial charge on any atom is 0.0735 e. The summed E-state index contributed by atoms with van der Waals surface area (Å²) >= 11 is 0. The Balaban J connectivity index is 4.49. The zero-order valence-corrected chi connectivity index (χ0v) is 16.4. The van der Waals surface area contributed by atoms with Crippen LogP contribution in [0.3, 0.4) is 0 Å². The molecule has 32 radical (unpaired) electrons. The third-order valence-electron chi connectivity index (χ3n) is 6.37. The van der Waals surface area contributed by atoms with E-state index < -0.39 is 53.5 Å². The van der Waals surface area contributed by atoms with Crippen molar-refractivity contribution in [1.29, 1.82) is 0 Å². The van der Waals surface area contributed by atoms with E-state index in [1.54, 1.807) is 0 Å². The first-order valence-corrected chi connectivity index (χ1v) is 8.36. The van der Waals surface area contributed by atoms with E-state index in [0.29, 0.717) is 0 Å². The van der Waals surface area contributed by atoms with Crippen molar-refractivity contribution < 1.29 is 0 Å². The summed E-state index contributed by atoms with van der Waals surface area (Å²) in [4.78, 5) is 0. The molecular weight excluding hydrogens is 317 g/mol. The number of rotatable bonds is 5. The highest BCUT2D eigenvalue weighted by molar-refractivity contribution is 6.68. The van der Waals surface area contributed by atoms with Gasteiger partial charge in [-0.05, 0) is 0 Å². The van der Waals surface area contributed by atoms with Gasteiger partial charge in [0.25, 0.3) is 0 Å². The molecule has 1 saturated carbocycles. The van der Waals surface area contributed by atoms with E-state index >= 15 is 0 Å². The van der Waals surface area contributed by atoms with Crippen molar-refractivity contribution >= 4 is 126 Å². The Morgan fingerprint density at radius 2 is 1.00 bits per heavy atom. The van der Waals surface area contributed by atoms with Crippen molar-refractivity contribution in [2.24, 2.45) is 11.3 Å². The Hall–Kier alpha value is 1.04. The van der Waals surface area contributed by atoms with Gasteiger partial charge in [-0.1, -0.05) is 41.1 Å². The molecule has 0 bridgehead atoms. The molecule has 0 aromatic rings. The van der Waals surface area contributed by atoms with Crippen molar-refractivity contribution in [2.75, 3.05) is 0 Å². The van der Waals surface area contributed by atoms with Crippen molar-refractivity contribution in [3.8, 4) is 0 Å². The van der Waals surface area contributed by atoms with E-state index in [9.17, 15) is 0 Å². The van der Waals surface area contributed by atoms with Crippen LogP contribution in [0.1, 0.15) is 13.8 Å². The molecule has 0 spiro atoms. The summed E-state index contributed by atoms with van der Waals surface area (Å²) in [6.07, 6.45) is 0. The highest BCUT2D eigenvalue weighted by Gasteiger charge is 2.79. The van der Waals surface area contributed by atoms with Gasteiger partial charge in [0, 0.05) is 0 Å². The van der Waals surface area contributed by atoms with Crippen LogP contribution in [0.25, 0.3) is 0 Å². The molecule has 104 valence electrons. The van der Waals surface area contributed by atoms with Gasteiger partial charge >= 0.3 is 0 Å². The maximum absolute atomic E-state index is 6.69. The van der Waals surface area contributed by atoms with Gasteiger partial charge in [-0.2, -0.15) is 0 Å². The summed E-state index contributed by atoms with van der Waals surface area (Å²) in [6.45, 7) is 2.91. The van der Waals surface area contributed by atoms with Crippen molar-refractivity contribution in [1.82, 2.24) is 0 Å². The van der Waals surface area contributed by atoms with Crippen LogP contribution in [-0.4, -0.2) is 126 Å². The smallest absolute Gasteiger partial charge is 0.0735 e. The summed E-state index contributed by atoms with van der Waals surface area (Å²) in [5, 5.41) is -15.7. The molecule has 1 aliphatic rings. The van der Waals surface area contributed by atoms with E-state index in [1.807, 2.05) is 0 Å². The molecule has 0 N–H and O–H groups in total. The van der Waals surface area contributed by atoms with E-state index in [4.69, 9.17) is 126 Å². The Labute approximate surface area is 192 Å². The standard InChI is InChI=1S/C12H8B16/c1-5(2,15)7(16)3(9(18,19)20)6(11(23,24)25,12(26,27)28)8(17,4(13)14)10(7,21)22/h3-4H,1-2H3. The van der Waals surface area contributed by atoms with Crippen LogP contribution >= 0.6 is 0 Å². The minimum absolute atomic E-state index is 1.45. The van der Waals surface area contributed by atoms with Crippen LogP contribution in [0.15, 0.2) is 0 Å². The Bertz CT molecular complexity index is 589. The molecule has 0 nitrogen and oxygen atoms in total. The van der Waals surface area contributed by atoms with E-state index in [2.05, 4.69) is 0 Å². The quantitative estimate of drug-likeness (QED) is 0.470.